The number of sulfonamides is 1. The molecule has 108 valence electrons. The quantitative estimate of drug-likeness (QED) is 0.801. The van der Waals surface area contributed by atoms with E-state index in [9.17, 15) is 8.42 Å². The Bertz CT molecular complexity index is 886. The molecule has 0 aliphatic heterocycles. The minimum atomic E-state index is -3.45. The first-order valence-electron chi connectivity index (χ1n) is 6.32. The Balaban J connectivity index is 2.12. The van der Waals surface area contributed by atoms with Gasteiger partial charge in [0.25, 0.3) is 0 Å². The lowest BCUT2D eigenvalue weighted by Crippen LogP contribution is -2.22. The van der Waals surface area contributed by atoms with Gasteiger partial charge in [-0.2, -0.15) is 0 Å². The smallest absolute Gasteiger partial charge is 0.242 e. The van der Waals surface area contributed by atoms with E-state index in [4.69, 9.17) is 0 Å². The zero-order valence-electron chi connectivity index (χ0n) is 11.6. The third-order valence-corrected chi connectivity index (χ3v) is 4.95. The van der Waals surface area contributed by atoms with Crippen molar-refractivity contribution in [3.8, 4) is 11.5 Å². The molecule has 0 bridgehead atoms. The molecular formula is C14H14N4O2S. The monoisotopic (exact) mass is 302 g/mol. The third-order valence-electron chi connectivity index (χ3n) is 3.14. The summed E-state index contributed by atoms with van der Waals surface area (Å²) in [6.45, 7) is 0. The second kappa shape index (κ2) is 4.94. The maximum absolute atomic E-state index is 12.1. The molecule has 0 unspecified atom stereocenters. The molecule has 2 heterocycles. The van der Waals surface area contributed by atoms with Crippen molar-refractivity contribution in [2.75, 3.05) is 14.1 Å². The fraction of sp³-hybridized carbons (Fsp3) is 0.143. The molecule has 0 saturated carbocycles. The van der Waals surface area contributed by atoms with Crippen LogP contribution in [0.3, 0.4) is 0 Å². The molecule has 0 aliphatic carbocycles. The Morgan fingerprint density at radius 2 is 1.95 bits per heavy atom. The van der Waals surface area contributed by atoms with Crippen LogP contribution in [0.4, 0.5) is 0 Å². The van der Waals surface area contributed by atoms with Crippen molar-refractivity contribution in [3.63, 3.8) is 0 Å². The zero-order chi connectivity index (χ0) is 15.0. The lowest BCUT2D eigenvalue weighted by atomic mass is 10.3. The highest BCUT2D eigenvalue weighted by Crippen LogP contribution is 2.22. The lowest BCUT2D eigenvalue weighted by Gasteiger charge is -2.10. The number of rotatable bonds is 3. The number of imidazole rings is 1. The van der Waals surface area contributed by atoms with Gasteiger partial charge in [0.2, 0.25) is 10.0 Å². The van der Waals surface area contributed by atoms with Crippen LogP contribution >= 0.6 is 0 Å². The average molecular weight is 302 g/mol. The van der Waals surface area contributed by atoms with E-state index in [0.29, 0.717) is 22.6 Å². The molecular weight excluding hydrogens is 288 g/mol. The van der Waals surface area contributed by atoms with Crippen LogP contribution in [-0.2, 0) is 10.0 Å². The summed E-state index contributed by atoms with van der Waals surface area (Å²) in [6.07, 6.45) is 1.68. The lowest BCUT2D eigenvalue weighted by molar-refractivity contribution is 0.521. The molecule has 3 aromatic rings. The zero-order valence-corrected chi connectivity index (χ0v) is 12.4. The van der Waals surface area contributed by atoms with E-state index in [1.54, 1.807) is 24.4 Å². The SMILES string of the molecule is CN(C)S(=O)(=O)c1ccc2nc(-c3ccccn3)[nH]c2c1. The number of nitrogens with one attached hydrogen (secondary N) is 1. The summed E-state index contributed by atoms with van der Waals surface area (Å²) in [6, 6.07) is 10.4. The van der Waals surface area contributed by atoms with Gasteiger partial charge in [0, 0.05) is 20.3 Å². The van der Waals surface area contributed by atoms with Crippen LogP contribution < -0.4 is 0 Å². The van der Waals surface area contributed by atoms with Gasteiger partial charge in [-0.1, -0.05) is 6.07 Å². The molecule has 7 heteroatoms. The molecule has 0 spiro atoms. The predicted molar refractivity (Wildman–Crippen MR) is 80.2 cm³/mol. The van der Waals surface area contributed by atoms with Crippen molar-refractivity contribution in [1.29, 1.82) is 0 Å². The third kappa shape index (κ3) is 2.41. The number of benzene rings is 1. The molecule has 21 heavy (non-hydrogen) atoms. The van der Waals surface area contributed by atoms with Crippen LogP contribution in [-0.4, -0.2) is 41.8 Å². The van der Waals surface area contributed by atoms with Gasteiger partial charge in [-0.15, -0.1) is 0 Å². The van der Waals surface area contributed by atoms with Crippen LogP contribution in [0.25, 0.3) is 22.6 Å². The number of H-pyrrole nitrogens is 1. The summed E-state index contributed by atoms with van der Waals surface area (Å²) in [7, 11) is -0.442. The molecule has 0 fully saturated rings. The topological polar surface area (TPSA) is 79.0 Å². The molecule has 1 N–H and O–H groups in total. The number of hydrogen-bond acceptors (Lipinski definition) is 4. The van der Waals surface area contributed by atoms with Gasteiger partial charge in [0.1, 0.15) is 5.69 Å². The van der Waals surface area contributed by atoms with Gasteiger partial charge in [0.15, 0.2) is 5.82 Å². The van der Waals surface area contributed by atoms with E-state index >= 15 is 0 Å². The number of fused-ring (bicyclic) bond motifs is 1. The van der Waals surface area contributed by atoms with E-state index < -0.39 is 10.0 Å². The van der Waals surface area contributed by atoms with Gasteiger partial charge in [-0.05, 0) is 30.3 Å². The molecule has 0 amide bonds. The first-order valence-corrected chi connectivity index (χ1v) is 7.76. The Morgan fingerprint density at radius 1 is 1.14 bits per heavy atom. The largest absolute Gasteiger partial charge is 0.337 e. The van der Waals surface area contributed by atoms with Crippen LogP contribution in [0.15, 0.2) is 47.5 Å². The van der Waals surface area contributed by atoms with Crippen LogP contribution in [0.5, 0.6) is 0 Å². The normalized spacial score (nSPS) is 12.1. The summed E-state index contributed by atoms with van der Waals surface area (Å²) in [5.74, 6) is 0.616. The number of nitrogens with zero attached hydrogens (tertiary/aromatic N) is 3. The maximum Gasteiger partial charge on any atom is 0.242 e. The predicted octanol–water partition coefficient (Wildman–Crippen LogP) is 1.88. The fourth-order valence-electron chi connectivity index (χ4n) is 1.98. The van der Waals surface area contributed by atoms with Crippen molar-refractivity contribution in [2.45, 2.75) is 4.90 Å². The highest BCUT2D eigenvalue weighted by Gasteiger charge is 2.18. The molecule has 1 aromatic carbocycles. The van der Waals surface area contributed by atoms with Crippen LogP contribution in [0.2, 0.25) is 0 Å². The minimum Gasteiger partial charge on any atom is -0.337 e. The van der Waals surface area contributed by atoms with Crippen molar-refractivity contribution < 1.29 is 8.42 Å². The maximum atomic E-state index is 12.1. The van der Waals surface area contributed by atoms with Crippen LogP contribution in [0, 0.1) is 0 Å². The summed E-state index contributed by atoms with van der Waals surface area (Å²) < 4.78 is 25.4. The number of aromatic nitrogens is 3. The van der Waals surface area contributed by atoms with Crippen molar-refractivity contribution in [1.82, 2.24) is 19.3 Å². The number of hydrogen-bond donors (Lipinski definition) is 1. The van der Waals surface area contributed by atoms with Gasteiger partial charge in [0.05, 0.1) is 15.9 Å². The Labute approximate surface area is 122 Å². The summed E-state index contributed by atoms with van der Waals surface area (Å²) >= 11 is 0. The highest BCUT2D eigenvalue weighted by molar-refractivity contribution is 7.89. The second-order valence-corrected chi connectivity index (χ2v) is 6.92. The average Bonchev–Trinajstić information content (AvgIpc) is 2.91. The van der Waals surface area contributed by atoms with Gasteiger partial charge >= 0.3 is 0 Å². The van der Waals surface area contributed by atoms with E-state index in [1.807, 2.05) is 18.2 Å². The van der Waals surface area contributed by atoms with Gasteiger partial charge in [-0.3, -0.25) is 4.98 Å². The van der Waals surface area contributed by atoms with Gasteiger partial charge < -0.3 is 4.98 Å². The molecule has 3 rings (SSSR count). The van der Waals surface area contributed by atoms with E-state index in [1.165, 1.54) is 18.4 Å². The number of pyridine rings is 1. The van der Waals surface area contributed by atoms with Crippen molar-refractivity contribution >= 4 is 21.1 Å². The molecule has 0 saturated heterocycles. The van der Waals surface area contributed by atoms with E-state index in [2.05, 4.69) is 15.0 Å². The van der Waals surface area contributed by atoms with E-state index in [0.717, 1.165) is 0 Å². The Morgan fingerprint density at radius 3 is 2.62 bits per heavy atom. The van der Waals surface area contributed by atoms with Crippen molar-refractivity contribution in [3.05, 3.63) is 42.6 Å². The second-order valence-electron chi connectivity index (χ2n) is 4.77. The summed E-state index contributed by atoms with van der Waals surface area (Å²) in [5.41, 5.74) is 2.08. The minimum absolute atomic E-state index is 0.233. The van der Waals surface area contributed by atoms with Gasteiger partial charge in [-0.25, -0.2) is 17.7 Å². The summed E-state index contributed by atoms with van der Waals surface area (Å²) in [4.78, 5) is 12.0. The molecule has 0 atom stereocenters. The number of aromatic amines is 1. The first-order chi connectivity index (χ1) is 9.98. The summed E-state index contributed by atoms with van der Waals surface area (Å²) in [5, 5.41) is 0. The van der Waals surface area contributed by atoms with Crippen molar-refractivity contribution in [2.24, 2.45) is 0 Å². The Kier molecular flexibility index (Phi) is 3.23. The fourth-order valence-corrected chi connectivity index (χ4v) is 2.91. The molecule has 2 aromatic heterocycles. The Hall–Kier alpha value is -2.25. The van der Waals surface area contributed by atoms with Crippen LogP contribution in [0.1, 0.15) is 0 Å². The molecule has 0 radical (unpaired) electrons. The highest BCUT2D eigenvalue weighted by atomic mass is 32.2. The molecule has 0 aliphatic rings. The van der Waals surface area contributed by atoms with E-state index in [-0.39, 0.29) is 4.90 Å². The standard InChI is InChI=1S/C14H14N4O2S/c1-18(2)21(19,20)10-6-7-11-13(9-10)17-14(16-11)12-5-3-4-8-15-12/h3-9H,1-2H3,(H,16,17). The first kappa shape index (κ1) is 13.7. The molecule has 6 nitrogen and oxygen atoms in total.